The van der Waals surface area contributed by atoms with Gasteiger partial charge in [-0.3, -0.25) is 19.7 Å². The molecule has 0 saturated heterocycles. The van der Waals surface area contributed by atoms with Crippen molar-refractivity contribution in [3.63, 3.8) is 0 Å². The summed E-state index contributed by atoms with van der Waals surface area (Å²) in [6.45, 7) is 4.62. The Morgan fingerprint density at radius 2 is 1.74 bits per heavy atom. The zero-order valence-corrected chi connectivity index (χ0v) is 26.1. The number of nitrogens with zero attached hydrogens (tertiary/aromatic N) is 4. The highest BCUT2D eigenvalue weighted by molar-refractivity contribution is 5.95. The SMILES string of the molecule is CC(C)C[C@@H](CN(Cc1cccc2ccccc12)C(=O)c1ccc(F)cc1F)NC(=O)Cc1cncn1Cc1ccc([N+](=O)[O-])cc1. The molecule has 5 aromatic rings. The molecule has 1 heterocycles. The van der Waals surface area contributed by atoms with Crippen molar-refractivity contribution in [2.75, 3.05) is 6.54 Å². The molecule has 1 atom stereocenters. The van der Waals surface area contributed by atoms with Gasteiger partial charge in [-0.2, -0.15) is 0 Å². The van der Waals surface area contributed by atoms with Crippen molar-refractivity contribution in [1.29, 1.82) is 0 Å². The number of imidazole rings is 1. The lowest BCUT2D eigenvalue weighted by molar-refractivity contribution is -0.384. The van der Waals surface area contributed by atoms with Crippen LogP contribution in [0.4, 0.5) is 14.5 Å². The van der Waals surface area contributed by atoms with Crippen LogP contribution in [0.1, 0.15) is 47.4 Å². The van der Waals surface area contributed by atoms with Crippen LogP contribution in [-0.4, -0.2) is 43.8 Å². The van der Waals surface area contributed by atoms with Crippen molar-refractivity contribution in [3.05, 3.63) is 142 Å². The Hall–Kier alpha value is -5.45. The van der Waals surface area contributed by atoms with Crippen molar-refractivity contribution in [2.45, 2.75) is 45.8 Å². The number of halogens is 2. The molecule has 0 radical (unpaired) electrons. The Bertz CT molecular complexity index is 1890. The monoisotopic (exact) mass is 639 g/mol. The molecule has 2 amide bonds. The number of fused-ring (bicyclic) bond motifs is 1. The van der Waals surface area contributed by atoms with Crippen molar-refractivity contribution in [2.24, 2.45) is 5.92 Å². The number of amides is 2. The average molecular weight is 640 g/mol. The molecule has 11 heteroatoms. The third-order valence-corrected chi connectivity index (χ3v) is 7.89. The maximum atomic E-state index is 14.9. The molecule has 0 saturated carbocycles. The number of aromatic nitrogens is 2. The van der Waals surface area contributed by atoms with Gasteiger partial charge in [0.2, 0.25) is 5.91 Å². The van der Waals surface area contributed by atoms with Gasteiger partial charge in [-0.1, -0.05) is 68.4 Å². The molecule has 0 fully saturated rings. The van der Waals surface area contributed by atoms with Crippen molar-refractivity contribution >= 4 is 28.3 Å². The van der Waals surface area contributed by atoms with Crippen LogP contribution in [0.25, 0.3) is 10.8 Å². The number of carbonyl (C=O) groups excluding carboxylic acids is 2. The van der Waals surface area contributed by atoms with Crippen LogP contribution in [0.5, 0.6) is 0 Å². The fourth-order valence-corrected chi connectivity index (χ4v) is 5.70. The van der Waals surface area contributed by atoms with E-state index in [1.54, 1.807) is 29.2 Å². The molecule has 0 aliphatic heterocycles. The van der Waals surface area contributed by atoms with Crippen LogP contribution in [0.3, 0.4) is 0 Å². The first kappa shape index (κ1) is 32.9. The molecular weight excluding hydrogens is 604 g/mol. The van der Waals surface area contributed by atoms with E-state index in [9.17, 15) is 28.5 Å². The number of rotatable bonds is 13. The van der Waals surface area contributed by atoms with Crippen LogP contribution < -0.4 is 5.32 Å². The van der Waals surface area contributed by atoms with Gasteiger partial charge in [0, 0.05) is 55.8 Å². The normalized spacial score (nSPS) is 11.9. The fraction of sp³-hybridized carbons (Fsp3) is 0.250. The van der Waals surface area contributed by atoms with E-state index >= 15 is 0 Å². The van der Waals surface area contributed by atoms with E-state index < -0.39 is 28.5 Å². The van der Waals surface area contributed by atoms with E-state index in [0.717, 1.165) is 34.0 Å². The zero-order chi connectivity index (χ0) is 33.5. The molecule has 47 heavy (non-hydrogen) atoms. The summed E-state index contributed by atoms with van der Waals surface area (Å²) in [5.74, 6) is -2.47. The highest BCUT2D eigenvalue weighted by Crippen LogP contribution is 2.23. The van der Waals surface area contributed by atoms with Gasteiger partial charge in [-0.25, -0.2) is 13.8 Å². The molecule has 0 spiro atoms. The van der Waals surface area contributed by atoms with Gasteiger partial charge in [0.1, 0.15) is 11.6 Å². The maximum Gasteiger partial charge on any atom is 0.269 e. The summed E-state index contributed by atoms with van der Waals surface area (Å²) in [7, 11) is 0. The van der Waals surface area contributed by atoms with E-state index in [1.807, 2.05) is 56.3 Å². The number of hydrogen-bond acceptors (Lipinski definition) is 5. The Morgan fingerprint density at radius 3 is 2.47 bits per heavy atom. The summed E-state index contributed by atoms with van der Waals surface area (Å²) in [6, 6.07) is 22.1. The first-order valence-corrected chi connectivity index (χ1v) is 15.3. The molecule has 4 aromatic carbocycles. The number of nitrogens with one attached hydrogen (secondary N) is 1. The number of hydrogen-bond donors (Lipinski definition) is 1. The fourth-order valence-electron chi connectivity index (χ4n) is 5.70. The summed E-state index contributed by atoms with van der Waals surface area (Å²) in [5.41, 5.74) is 2.04. The van der Waals surface area contributed by atoms with E-state index in [-0.39, 0.29) is 42.6 Å². The molecule has 5 rings (SSSR count). The number of non-ortho nitro benzene ring substituents is 1. The standard InChI is InChI=1S/C36H35F2N5O4/c1-24(2)16-29(40-35(44)18-31-19-39-23-42(31)20-25-10-13-30(14-11-25)43(46)47)22-41(36(45)33-15-12-28(37)17-34(33)38)21-27-8-5-7-26-6-3-4-9-32(26)27/h3-15,17,19,23-24,29H,16,18,20-22H2,1-2H3,(H,40,44)/t29-/m0/s1. The first-order chi connectivity index (χ1) is 22.6. The molecule has 242 valence electrons. The quantitative estimate of drug-likeness (QED) is 0.114. The largest absolute Gasteiger partial charge is 0.351 e. The summed E-state index contributed by atoms with van der Waals surface area (Å²) >= 11 is 0. The summed E-state index contributed by atoms with van der Waals surface area (Å²) in [6.07, 6.45) is 3.73. The van der Waals surface area contributed by atoms with E-state index in [1.165, 1.54) is 17.0 Å². The smallest absolute Gasteiger partial charge is 0.269 e. The molecule has 9 nitrogen and oxygen atoms in total. The molecule has 0 aliphatic rings. The van der Waals surface area contributed by atoms with E-state index in [4.69, 9.17) is 0 Å². The number of nitro groups is 1. The van der Waals surface area contributed by atoms with Gasteiger partial charge in [-0.05, 0) is 46.4 Å². The second kappa shape index (κ2) is 14.8. The zero-order valence-electron chi connectivity index (χ0n) is 26.1. The predicted molar refractivity (Wildman–Crippen MR) is 175 cm³/mol. The molecule has 0 unspecified atom stereocenters. The summed E-state index contributed by atoms with van der Waals surface area (Å²) < 4.78 is 30.4. The molecule has 1 N–H and O–H groups in total. The van der Waals surface area contributed by atoms with Crippen LogP contribution in [0, 0.1) is 27.7 Å². The van der Waals surface area contributed by atoms with Gasteiger partial charge in [0.15, 0.2) is 0 Å². The van der Waals surface area contributed by atoms with Gasteiger partial charge in [-0.15, -0.1) is 0 Å². The van der Waals surface area contributed by atoms with Gasteiger partial charge >= 0.3 is 0 Å². The van der Waals surface area contributed by atoms with E-state index in [0.29, 0.717) is 24.7 Å². The van der Waals surface area contributed by atoms with Crippen molar-refractivity contribution in [1.82, 2.24) is 19.8 Å². The Balaban J connectivity index is 1.36. The third-order valence-electron chi connectivity index (χ3n) is 7.89. The third kappa shape index (κ3) is 8.43. The Labute approximate surface area is 271 Å². The minimum Gasteiger partial charge on any atom is -0.351 e. The molecule has 1 aromatic heterocycles. The van der Waals surface area contributed by atoms with Crippen molar-refractivity contribution < 1.29 is 23.3 Å². The molecule has 0 bridgehead atoms. The first-order valence-electron chi connectivity index (χ1n) is 15.3. The minimum atomic E-state index is -0.955. The summed E-state index contributed by atoms with van der Waals surface area (Å²) in [4.78, 5) is 43.5. The minimum absolute atomic E-state index is 0.00539. The topological polar surface area (TPSA) is 110 Å². The van der Waals surface area contributed by atoms with E-state index in [2.05, 4.69) is 10.3 Å². The van der Waals surface area contributed by atoms with Crippen LogP contribution in [0.15, 0.2) is 97.5 Å². The highest BCUT2D eigenvalue weighted by Gasteiger charge is 2.26. The Morgan fingerprint density at radius 1 is 1.00 bits per heavy atom. The number of benzene rings is 4. The lowest BCUT2D eigenvalue weighted by atomic mass is 10.0. The lowest BCUT2D eigenvalue weighted by Crippen LogP contribution is -2.47. The van der Waals surface area contributed by atoms with Gasteiger partial charge < -0.3 is 14.8 Å². The number of nitro benzene ring substituents is 1. The second-order valence-electron chi connectivity index (χ2n) is 12.0. The number of carbonyl (C=O) groups is 2. The van der Waals surface area contributed by atoms with Crippen LogP contribution in [-0.2, 0) is 24.3 Å². The van der Waals surface area contributed by atoms with Crippen LogP contribution >= 0.6 is 0 Å². The van der Waals surface area contributed by atoms with Crippen molar-refractivity contribution in [3.8, 4) is 0 Å². The Kier molecular flexibility index (Phi) is 10.3. The summed E-state index contributed by atoms with van der Waals surface area (Å²) in [5, 5.41) is 16.0. The lowest BCUT2D eigenvalue weighted by Gasteiger charge is -2.30. The highest BCUT2D eigenvalue weighted by atomic mass is 19.1. The molecular formula is C36H35F2N5O4. The maximum absolute atomic E-state index is 14.9. The second-order valence-corrected chi connectivity index (χ2v) is 12.0. The average Bonchev–Trinajstić information content (AvgIpc) is 3.46. The predicted octanol–water partition coefficient (Wildman–Crippen LogP) is 6.69. The van der Waals surface area contributed by atoms with Gasteiger partial charge in [0.25, 0.3) is 11.6 Å². The molecule has 0 aliphatic carbocycles. The van der Waals surface area contributed by atoms with Crippen LogP contribution in [0.2, 0.25) is 0 Å². The van der Waals surface area contributed by atoms with Gasteiger partial charge in [0.05, 0.1) is 23.2 Å².